The predicted molar refractivity (Wildman–Crippen MR) is 131 cm³/mol. The third-order valence-electron chi connectivity index (χ3n) is 6.71. The van der Waals surface area contributed by atoms with E-state index in [2.05, 4.69) is 10.6 Å². The Bertz CT molecular complexity index is 850. The lowest BCUT2D eigenvalue weighted by Gasteiger charge is -2.32. The van der Waals surface area contributed by atoms with Crippen molar-refractivity contribution in [3.63, 3.8) is 0 Å². The van der Waals surface area contributed by atoms with Crippen molar-refractivity contribution in [3.05, 3.63) is 48.0 Å². The monoisotopic (exact) mass is 486 g/mol. The SMILES string of the molecule is O=C(CC1CC=CCC(Cc2ccccc2)C(=O)OCC2(CCCC2)NC1=O)NCCOCCO. The summed E-state index contributed by atoms with van der Waals surface area (Å²) in [6.07, 6.45) is 8.85. The lowest BCUT2D eigenvalue weighted by atomic mass is 9.92. The summed E-state index contributed by atoms with van der Waals surface area (Å²) in [5.41, 5.74) is 0.510. The molecular weight excluding hydrogens is 448 g/mol. The number of ether oxygens (including phenoxy) is 2. The minimum Gasteiger partial charge on any atom is -0.463 e. The highest BCUT2D eigenvalue weighted by molar-refractivity contribution is 5.86. The van der Waals surface area contributed by atoms with Crippen LogP contribution in [-0.4, -0.2) is 61.4 Å². The first-order valence-electron chi connectivity index (χ1n) is 12.6. The van der Waals surface area contributed by atoms with Gasteiger partial charge in [0, 0.05) is 13.0 Å². The van der Waals surface area contributed by atoms with Crippen molar-refractivity contribution in [1.29, 1.82) is 0 Å². The number of cyclic esters (lactones) is 1. The summed E-state index contributed by atoms with van der Waals surface area (Å²) in [7, 11) is 0. The molecule has 8 heteroatoms. The normalized spacial score (nSPS) is 22.7. The van der Waals surface area contributed by atoms with Crippen molar-refractivity contribution in [2.45, 2.75) is 56.9 Å². The Kier molecular flexibility index (Phi) is 10.8. The van der Waals surface area contributed by atoms with Crippen molar-refractivity contribution >= 4 is 17.8 Å². The van der Waals surface area contributed by atoms with Crippen LogP contribution in [0, 0.1) is 11.8 Å². The topological polar surface area (TPSA) is 114 Å². The molecule has 1 aliphatic heterocycles. The van der Waals surface area contributed by atoms with Crippen LogP contribution < -0.4 is 10.6 Å². The minimum absolute atomic E-state index is 0.0637. The van der Waals surface area contributed by atoms with Gasteiger partial charge in [-0.3, -0.25) is 14.4 Å². The second-order valence-corrected chi connectivity index (χ2v) is 9.50. The second kappa shape index (κ2) is 14.0. The van der Waals surface area contributed by atoms with E-state index in [1.165, 1.54) is 0 Å². The molecule has 35 heavy (non-hydrogen) atoms. The average Bonchev–Trinajstić information content (AvgIpc) is 3.32. The molecule has 2 unspecified atom stereocenters. The van der Waals surface area contributed by atoms with Crippen LogP contribution in [0.2, 0.25) is 0 Å². The number of carbonyl (C=O) groups excluding carboxylic acids is 3. The summed E-state index contributed by atoms with van der Waals surface area (Å²) in [6, 6.07) is 9.89. The molecule has 0 radical (unpaired) electrons. The van der Waals surface area contributed by atoms with Gasteiger partial charge >= 0.3 is 5.97 Å². The molecule has 1 heterocycles. The Morgan fingerprint density at radius 1 is 1.09 bits per heavy atom. The van der Waals surface area contributed by atoms with Crippen LogP contribution in [0.15, 0.2) is 42.5 Å². The zero-order chi connectivity index (χ0) is 24.9. The molecule has 3 N–H and O–H groups in total. The number of allylic oxidation sites excluding steroid dienone is 2. The highest BCUT2D eigenvalue weighted by atomic mass is 16.5. The smallest absolute Gasteiger partial charge is 0.309 e. The zero-order valence-corrected chi connectivity index (χ0v) is 20.4. The number of amides is 2. The molecular formula is C27H38N2O6. The van der Waals surface area contributed by atoms with Crippen molar-refractivity contribution in [2.75, 3.05) is 33.0 Å². The quantitative estimate of drug-likeness (QED) is 0.280. The van der Waals surface area contributed by atoms with Crippen LogP contribution in [-0.2, 0) is 30.3 Å². The van der Waals surface area contributed by atoms with E-state index >= 15 is 0 Å². The zero-order valence-electron chi connectivity index (χ0n) is 20.4. The highest BCUT2D eigenvalue weighted by Crippen LogP contribution is 2.31. The van der Waals surface area contributed by atoms with Gasteiger partial charge in [-0.05, 0) is 37.7 Å². The molecule has 0 aromatic heterocycles. The maximum absolute atomic E-state index is 13.2. The van der Waals surface area contributed by atoms with Gasteiger partial charge in [0.05, 0.1) is 37.2 Å². The summed E-state index contributed by atoms with van der Waals surface area (Å²) >= 11 is 0. The van der Waals surface area contributed by atoms with E-state index in [0.29, 0.717) is 32.4 Å². The molecule has 3 rings (SSSR count). The molecule has 2 atom stereocenters. The van der Waals surface area contributed by atoms with Crippen LogP contribution in [0.4, 0.5) is 0 Å². The van der Waals surface area contributed by atoms with Gasteiger partial charge < -0.3 is 25.2 Å². The van der Waals surface area contributed by atoms with Gasteiger partial charge in [0.25, 0.3) is 0 Å². The molecule has 2 amide bonds. The van der Waals surface area contributed by atoms with Gasteiger partial charge in [0.1, 0.15) is 6.61 Å². The van der Waals surface area contributed by atoms with Gasteiger partial charge in [-0.25, -0.2) is 0 Å². The molecule has 1 aromatic carbocycles. The Balaban J connectivity index is 1.68. The van der Waals surface area contributed by atoms with Crippen LogP contribution >= 0.6 is 0 Å². The fourth-order valence-corrected chi connectivity index (χ4v) is 4.74. The number of carbonyl (C=O) groups is 3. The van der Waals surface area contributed by atoms with Gasteiger partial charge in [-0.1, -0.05) is 55.3 Å². The van der Waals surface area contributed by atoms with Crippen molar-refractivity contribution < 1.29 is 29.0 Å². The van der Waals surface area contributed by atoms with E-state index < -0.39 is 11.5 Å². The fourth-order valence-electron chi connectivity index (χ4n) is 4.74. The van der Waals surface area contributed by atoms with Crippen LogP contribution in [0.1, 0.15) is 50.5 Å². The number of hydrogen-bond acceptors (Lipinski definition) is 6. The Labute approximate surface area is 207 Å². The van der Waals surface area contributed by atoms with Gasteiger partial charge in [0.15, 0.2) is 0 Å². The molecule has 1 saturated carbocycles. The Morgan fingerprint density at radius 3 is 2.51 bits per heavy atom. The van der Waals surface area contributed by atoms with E-state index in [0.717, 1.165) is 31.2 Å². The van der Waals surface area contributed by atoms with Crippen LogP contribution in [0.3, 0.4) is 0 Å². The van der Waals surface area contributed by atoms with E-state index in [-0.39, 0.29) is 49.9 Å². The molecule has 8 nitrogen and oxygen atoms in total. The number of benzene rings is 1. The van der Waals surface area contributed by atoms with Crippen molar-refractivity contribution in [1.82, 2.24) is 10.6 Å². The van der Waals surface area contributed by atoms with Gasteiger partial charge in [-0.15, -0.1) is 0 Å². The first-order chi connectivity index (χ1) is 17.0. The number of rotatable bonds is 9. The maximum atomic E-state index is 13.2. The molecule has 1 spiro atoms. The molecule has 1 aromatic rings. The Hall–Kier alpha value is -2.71. The Morgan fingerprint density at radius 2 is 1.80 bits per heavy atom. The number of nitrogens with one attached hydrogen (secondary N) is 2. The van der Waals surface area contributed by atoms with Crippen molar-refractivity contribution in [2.24, 2.45) is 11.8 Å². The highest BCUT2D eigenvalue weighted by Gasteiger charge is 2.39. The second-order valence-electron chi connectivity index (χ2n) is 9.50. The fraction of sp³-hybridized carbons (Fsp3) is 0.593. The molecule has 0 bridgehead atoms. The molecule has 0 saturated heterocycles. The summed E-state index contributed by atoms with van der Waals surface area (Å²) in [5.74, 6) is -1.44. The van der Waals surface area contributed by atoms with E-state index in [4.69, 9.17) is 14.6 Å². The molecule has 192 valence electrons. The lowest BCUT2D eigenvalue weighted by Crippen LogP contribution is -2.52. The number of hydrogen-bond donors (Lipinski definition) is 3. The average molecular weight is 487 g/mol. The molecule has 1 aliphatic carbocycles. The number of aliphatic hydroxyl groups is 1. The van der Waals surface area contributed by atoms with Crippen LogP contribution in [0.5, 0.6) is 0 Å². The van der Waals surface area contributed by atoms with Gasteiger partial charge in [-0.2, -0.15) is 0 Å². The summed E-state index contributed by atoms with van der Waals surface area (Å²) < 4.78 is 11.0. The third kappa shape index (κ3) is 8.78. The van der Waals surface area contributed by atoms with E-state index in [1.807, 2.05) is 42.5 Å². The molecule has 1 fully saturated rings. The predicted octanol–water partition coefficient (Wildman–Crippen LogP) is 2.30. The largest absolute Gasteiger partial charge is 0.463 e. The summed E-state index contributed by atoms with van der Waals surface area (Å²) in [5, 5.41) is 14.7. The van der Waals surface area contributed by atoms with Crippen LogP contribution in [0.25, 0.3) is 0 Å². The number of esters is 1. The third-order valence-corrected chi connectivity index (χ3v) is 6.71. The lowest BCUT2D eigenvalue weighted by molar-refractivity contribution is -0.152. The summed E-state index contributed by atoms with van der Waals surface area (Å²) in [6.45, 7) is 0.952. The number of aliphatic hydroxyl groups excluding tert-OH is 1. The van der Waals surface area contributed by atoms with Crippen molar-refractivity contribution in [3.8, 4) is 0 Å². The van der Waals surface area contributed by atoms with E-state index in [9.17, 15) is 14.4 Å². The standard InChI is InChI=1S/C27H38N2O6/c30-15-17-34-16-14-28-24(31)19-22-10-4-5-11-23(18-21-8-2-1-3-9-21)26(33)35-20-27(29-25(22)32)12-6-7-13-27/h1-5,8-9,22-23,30H,6-7,10-20H2,(H,28,31)(H,29,32). The van der Waals surface area contributed by atoms with E-state index in [1.54, 1.807) is 0 Å². The minimum atomic E-state index is -0.570. The van der Waals surface area contributed by atoms with Gasteiger partial charge in [0.2, 0.25) is 11.8 Å². The first kappa shape index (κ1) is 26.9. The summed E-state index contributed by atoms with van der Waals surface area (Å²) in [4.78, 5) is 38.7. The maximum Gasteiger partial charge on any atom is 0.309 e. The first-order valence-corrected chi connectivity index (χ1v) is 12.6. The molecule has 2 aliphatic rings.